The Labute approximate surface area is 97.0 Å². The molecule has 4 heteroatoms. The molecule has 2 heterocycles. The molecule has 0 saturated carbocycles. The highest BCUT2D eigenvalue weighted by Crippen LogP contribution is 2.13. The van der Waals surface area contributed by atoms with E-state index in [0.717, 1.165) is 31.6 Å². The van der Waals surface area contributed by atoms with Gasteiger partial charge < -0.3 is 9.47 Å². The van der Waals surface area contributed by atoms with Crippen molar-refractivity contribution in [2.24, 2.45) is 0 Å². The van der Waals surface area contributed by atoms with Crippen molar-refractivity contribution in [3.63, 3.8) is 0 Å². The van der Waals surface area contributed by atoms with Gasteiger partial charge in [-0.2, -0.15) is 0 Å². The third-order valence-electron chi connectivity index (χ3n) is 2.20. The van der Waals surface area contributed by atoms with Gasteiger partial charge >= 0.3 is 6.01 Å². The summed E-state index contributed by atoms with van der Waals surface area (Å²) in [7, 11) is 0. The van der Waals surface area contributed by atoms with Crippen LogP contribution >= 0.6 is 0 Å². The first-order valence-electron chi connectivity index (χ1n) is 5.87. The molecule has 1 fully saturated rings. The Morgan fingerprint density at radius 1 is 1.19 bits per heavy atom. The van der Waals surface area contributed by atoms with Crippen LogP contribution in [0, 0.1) is 6.92 Å². The first-order valence-corrected chi connectivity index (χ1v) is 5.87. The van der Waals surface area contributed by atoms with Gasteiger partial charge in [0.2, 0.25) is 0 Å². The van der Waals surface area contributed by atoms with Crippen molar-refractivity contribution in [3.8, 4) is 6.01 Å². The largest absolute Gasteiger partial charge is 0.460 e. The molecule has 0 aromatic carbocycles. The van der Waals surface area contributed by atoms with Gasteiger partial charge in [0.15, 0.2) is 0 Å². The Kier molecular flexibility index (Phi) is 5.78. The van der Waals surface area contributed by atoms with Gasteiger partial charge in [0.05, 0.1) is 13.2 Å². The van der Waals surface area contributed by atoms with Crippen LogP contribution in [0.15, 0.2) is 12.4 Å². The lowest BCUT2D eigenvalue weighted by Gasteiger charge is -2.21. The Balaban J connectivity index is 0.000000606. The van der Waals surface area contributed by atoms with E-state index in [-0.39, 0.29) is 6.10 Å². The van der Waals surface area contributed by atoms with Crippen LogP contribution in [0.2, 0.25) is 0 Å². The Morgan fingerprint density at radius 3 is 2.31 bits per heavy atom. The summed E-state index contributed by atoms with van der Waals surface area (Å²) in [4.78, 5) is 8.20. The summed E-state index contributed by atoms with van der Waals surface area (Å²) in [5.41, 5.74) is 1.05. The molecule has 1 aliphatic heterocycles. The van der Waals surface area contributed by atoms with Gasteiger partial charge in [-0.3, -0.25) is 0 Å². The fourth-order valence-electron chi connectivity index (χ4n) is 1.38. The molecule has 0 amide bonds. The summed E-state index contributed by atoms with van der Waals surface area (Å²) in [6, 6.07) is 0.475. The third-order valence-corrected chi connectivity index (χ3v) is 2.20. The second-order valence-electron chi connectivity index (χ2n) is 3.47. The quantitative estimate of drug-likeness (QED) is 0.773. The van der Waals surface area contributed by atoms with Crippen molar-refractivity contribution in [2.75, 3.05) is 13.2 Å². The van der Waals surface area contributed by atoms with Crippen molar-refractivity contribution in [3.05, 3.63) is 18.0 Å². The van der Waals surface area contributed by atoms with Gasteiger partial charge in [-0.25, -0.2) is 9.97 Å². The molecule has 90 valence electrons. The molecule has 0 bridgehead atoms. The highest BCUT2D eigenvalue weighted by atomic mass is 16.5. The van der Waals surface area contributed by atoms with Crippen molar-refractivity contribution in [1.29, 1.82) is 0 Å². The van der Waals surface area contributed by atoms with Crippen LogP contribution in [0.4, 0.5) is 0 Å². The standard InChI is InChI=1S/C10H14N2O2.C2H6/c1-8-6-11-10(12-7-8)14-9-2-4-13-5-3-9;1-2/h6-7,9H,2-5H2,1H3;1-2H3. The van der Waals surface area contributed by atoms with E-state index in [9.17, 15) is 0 Å². The zero-order valence-electron chi connectivity index (χ0n) is 10.3. The molecule has 1 aliphatic rings. The molecule has 0 atom stereocenters. The summed E-state index contributed by atoms with van der Waals surface area (Å²) in [5, 5.41) is 0. The average Bonchev–Trinajstić information content (AvgIpc) is 2.36. The van der Waals surface area contributed by atoms with Gasteiger partial charge in [-0.05, 0) is 12.5 Å². The highest BCUT2D eigenvalue weighted by molar-refractivity contribution is 5.04. The number of aromatic nitrogens is 2. The first kappa shape index (κ1) is 12.9. The minimum Gasteiger partial charge on any atom is -0.460 e. The predicted molar refractivity (Wildman–Crippen MR) is 62.6 cm³/mol. The van der Waals surface area contributed by atoms with Crippen LogP contribution in [0.3, 0.4) is 0 Å². The van der Waals surface area contributed by atoms with E-state index in [1.807, 2.05) is 20.8 Å². The van der Waals surface area contributed by atoms with Crippen molar-refractivity contribution in [1.82, 2.24) is 9.97 Å². The van der Waals surface area contributed by atoms with Gasteiger partial charge in [0.1, 0.15) is 6.10 Å². The van der Waals surface area contributed by atoms with Crippen LogP contribution in [-0.4, -0.2) is 29.3 Å². The molecule has 0 radical (unpaired) electrons. The zero-order valence-corrected chi connectivity index (χ0v) is 10.3. The summed E-state index contributed by atoms with van der Waals surface area (Å²) in [5.74, 6) is 0. The monoisotopic (exact) mass is 224 g/mol. The fraction of sp³-hybridized carbons (Fsp3) is 0.667. The number of hydrogen-bond donors (Lipinski definition) is 0. The summed E-state index contributed by atoms with van der Waals surface area (Å²) in [6.07, 6.45) is 5.60. The Bertz CT molecular complexity index is 282. The molecule has 1 aromatic heterocycles. The van der Waals surface area contributed by atoms with Crippen molar-refractivity contribution < 1.29 is 9.47 Å². The maximum absolute atomic E-state index is 5.61. The molecule has 0 N–H and O–H groups in total. The Hall–Kier alpha value is -1.16. The number of aryl methyl sites for hydroxylation is 1. The maximum atomic E-state index is 5.61. The maximum Gasteiger partial charge on any atom is 0.316 e. The zero-order chi connectivity index (χ0) is 11.8. The van der Waals surface area contributed by atoms with Gasteiger partial charge in [-0.15, -0.1) is 0 Å². The van der Waals surface area contributed by atoms with E-state index in [1.54, 1.807) is 12.4 Å². The molecule has 0 spiro atoms. The number of ether oxygens (including phenoxy) is 2. The second-order valence-corrected chi connectivity index (χ2v) is 3.47. The minimum absolute atomic E-state index is 0.214. The normalized spacial score (nSPS) is 16.2. The predicted octanol–water partition coefficient (Wildman–Crippen LogP) is 2.37. The second kappa shape index (κ2) is 7.17. The van der Waals surface area contributed by atoms with E-state index in [0.29, 0.717) is 6.01 Å². The number of nitrogens with zero attached hydrogens (tertiary/aromatic N) is 2. The van der Waals surface area contributed by atoms with Gasteiger partial charge in [0, 0.05) is 25.2 Å². The van der Waals surface area contributed by atoms with Crippen LogP contribution in [0.25, 0.3) is 0 Å². The SMILES string of the molecule is CC.Cc1cnc(OC2CCOCC2)nc1. The van der Waals surface area contributed by atoms with Crippen molar-refractivity contribution in [2.45, 2.75) is 39.7 Å². The lowest BCUT2D eigenvalue weighted by Crippen LogP contribution is -2.26. The molecule has 2 rings (SSSR count). The molecule has 4 nitrogen and oxygen atoms in total. The van der Waals surface area contributed by atoms with E-state index in [2.05, 4.69) is 9.97 Å². The smallest absolute Gasteiger partial charge is 0.316 e. The summed E-state index contributed by atoms with van der Waals surface area (Å²) < 4.78 is 10.8. The molecule has 0 aliphatic carbocycles. The van der Waals surface area contributed by atoms with E-state index < -0.39 is 0 Å². The number of rotatable bonds is 2. The molecule has 1 saturated heterocycles. The van der Waals surface area contributed by atoms with E-state index in [4.69, 9.17) is 9.47 Å². The third kappa shape index (κ3) is 4.14. The van der Waals surface area contributed by atoms with Crippen LogP contribution in [0.5, 0.6) is 6.01 Å². The lowest BCUT2D eigenvalue weighted by molar-refractivity contribution is 0.0217. The molecular formula is C12H20N2O2. The van der Waals surface area contributed by atoms with E-state index in [1.165, 1.54) is 0 Å². The topological polar surface area (TPSA) is 44.2 Å². The molecule has 0 unspecified atom stereocenters. The van der Waals surface area contributed by atoms with E-state index >= 15 is 0 Å². The van der Waals surface area contributed by atoms with Crippen LogP contribution in [-0.2, 0) is 4.74 Å². The number of hydrogen-bond acceptors (Lipinski definition) is 4. The van der Waals surface area contributed by atoms with Crippen molar-refractivity contribution >= 4 is 0 Å². The molecule has 1 aromatic rings. The first-order chi connectivity index (χ1) is 7.84. The lowest BCUT2D eigenvalue weighted by atomic mass is 10.2. The average molecular weight is 224 g/mol. The van der Waals surface area contributed by atoms with Gasteiger partial charge in [-0.1, -0.05) is 13.8 Å². The van der Waals surface area contributed by atoms with Crippen LogP contribution in [0.1, 0.15) is 32.3 Å². The molecular weight excluding hydrogens is 204 g/mol. The summed E-state index contributed by atoms with van der Waals surface area (Å²) >= 11 is 0. The van der Waals surface area contributed by atoms with Crippen LogP contribution < -0.4 is 4.74 Å². The van der Waals surface area contributed by atoms with Gasteiger partial charge in [0.25, 0.3) is 0 Å². The Morgan fingerprint density at radius 2 is 1.75 bits per heavy atom. The minimum atomic E-state index is 0.214. The molecule has 16 heavy (non-hydrogen) atoms. The summed E-state index contributed by atoms with van der Waals surface area (Å²) in [6.45, 7) is 7.51. The fourth-order valence-corrected chi connectivity index (χ4v) is 1.38. The highest BCUT2D eigenvalue weighted by Gasteiger charge is 2.15.